The average molecular weight is 216 g/mol. The molecular weight excluding hydrogens is 202 g/mol. The van der Waals surface area contributed by atoms with Crippen molar-refractivity contribution in [2.45, 2.75) is 13.3 Å². The molecule has 0 N–H and O–H groups in total. The number of furan rings is 1. The van der Waals surface area contributed by atoms with E-state index in [0.29, 0.717) is 24.5 Å². The van der Waals surface area contributed by atoms with Crippen molar-refractivity contribution in [1.29, 1.82) is 0 Å². The minimum atomic E-state index is 0.00590. The maximum Gasteiger partial charge on any atom is 0.257 e. The molecule has 4 heteroatoms. The summed E-state index contributed by atoms with van der Waals surface area (Å²) in [6.07, 6.45) is 3.79. The first-order valence-corrected chi connectivity index (χ1v) is 5.20. The Morgan fingerprint density at radius 3 is 2.93 bits per heavy atom. The lowest BCUT2D eigenvalue weighted by Crippen LogP contribution is -2.31. The number of amides is 1. The van der Waals surface area contributed by atoms with Crippen molar-refractivity contribution in [1.82, 2.24) is 4.90 Å². The third kappa shape index (κ3) is 2.77. The Labute approximate surface area is 88.6 Å². The number of hydrogen-bond acceptors (Lipinski definition) is 2. The van der Waals surface area contributed by atoms with Crippen molar-refractivity contribution >= 4 is 17.5 Å². The summed E-state index contributed by atoms with van der Waals surface area (Å²) >= 11 is 5.58. The lowest BCUT2D eigenvalue weighted by atomic mass is 10.3. The molecule has 0 saturated carbocycles. The van der Waals surface area contributed by atoms with Crippen LogP contribution in [0.1, 0.15) is 23.7 Å². The molecule has 1 heterocycles. The van der Waals surface area contributed by atoms with Crippen LogP contribution in [0.3, 0.4) is 0 Å². The third-order valence-corrected chi connectivity index (χ3v) is 2.27. The smallest absolute Gasteiger partial charge is 0.257 e. The monoisotopic (exact) mass is 215 g/mol. The van der Waals surface area contributed by atoms with Gasteiger partial charge in [-0.1, -0.05) is 0 Å². The zero-order valence-corrected chi connectivity index (χ0v) is 8.96. The number of hydrogen-bond donors (Lipinski definition) is 0. The topological polar surface area (TPSA) is 33.5 Å². The van der Waals surface area contributed by atoms with Crippen molar-refractivity contribution in [3.63, 3.8) is 0 Å². The van der Waals surface area contributed by atoms with Gasteiger partial charge in [0.25, 0.3) is 5.91 Å². The molecule has 0 radical (unpaired) electrons. The first-order valence-electron chi connectivity index (χ1n) is 4.67. The fourth-order valence-corrected chi connectivity index (χ4v) is 1.34. The maximum atomic E-state index is 11.8. The molecule has 0 saturated heterocycles. The standard InChI is InChI=1S/C10H14ClNO2/c1-2-12(6-3-5-11)10(13)9-4-7-14-8-9/h4,7-8H,2-3,5-6H2,1H3. The van der Waals surface area contributed by atoms with Crippen molar-refractivity contribution in [2.75, 3.05) is 19.0 Å². The largest absolute Gasteiger partial charge is 0.472 e. The summed E-state index contributed by atoms with van der Waals surface area (Å²) in [4.78, 5) is 13.5. The predicted molar refractivity (Wildman–Crippen MR) is 55.6 cm³/mol. The van der Waals surface area contributed by atoms with E-state index in [9.17, 15) is 4.79 Å². The summed E-state index contributed by atoms with van der Waals surface area (Å²) in [7, 11) is 0. The summed E-state index contributed by atoms with van der Waals surface area (Å²) in [5, 5.41) is 0. The van der Waals surface area contributed by atoms with Crippen molar-refractivity contribution in [3.05, 3.63) is 24.2 Å². The Balaban J connectivity index is 2.56. The summed E-state index contributed by atoms with van der Waals surface area (Å²) in [5.41, 5.74) is 0.599. The molecule has 1 aromatic rings. The Morgan fingerprint density at radius 2 is 2.43 bits per heavy atom. The molecule has 3 nitrogen and oxygen atoms in total. The van der Waals surface area contributed by atoms with Gasteiger partial charge in [0.1, 0.15) is 6.26 Å². The van der Waals surface area contributed by atoms with Gasteiger partial charge in [0.05, 0.1) is 11.8 Å². The molecule has 0 fully saturated rings. The lowest BCUT2D eigenvalue weighted by Gasteiger charge is -2.19. The van der Waals surface area contributed by atoms with Gasteiger partial charge in [-0.05, 0) is 19.4 Å². The fraction of sp³-hybridized carbons (Fsp3) is 0.500. The highest BCUT2D eigenvalue weighted by atomic mass is 35.5. The van der Waals surface area contributed by atoms with E-state index >= 15 is 0 Å². The van der Waals surface area contributed by atoms with Gasteiger partial charge in [-0.15, -0.1) is 11.6 Å². The summed E-state index contributed by atoms with van der Waals surface area (Å²) in [5.74, 6) is 0.584. The molecule has 0 aromatic carbocycles. The second-order valence-corrected chi connectivity index (χ2v) is 3.32. The minimum Gasteiger partial charge on any atom is -0.472 e. The Morgan fingerprint density at radius 1 is 1.64 bits per heavy atom. The van der Waals surface area contributed by atoms with Crippen LogP contribution in [0.2, 0.25) is 0 Å². The third-order valence-electron chi connectivity index (χ3n) is 2.00. The van der Waals surface area contributed by atoms with Crippen LogP contribution in [-0.2, 0) is 0 Å². The molecule has 0 aliphatic carbocycles. The van der Waals surface area contributed by atoms with Gasteiger partial charge in [0.15, 0.2) is 0 Å². The Hall–Kier alpha value is -0.960. The predicted octanol–water partition coefficient (Wildman–Crippen LogP) is 2.37. The summed E-state index contributed by atoms with van der Waals surface area (Å²) in [6, 6.07) is 1.67. The zero-order chi connectivity index (χ0) is 10.4. The Bertz CT molecular complexity index is 272. The first-order chi connectivity index (χ1) is 6.79. The number of rotatable bonds is 5. The number of alkyl halides is 1. The van der Waals surface area contributed by atoms with Crippen LogP contribution >= 0.6 is 11.6 Å². The van der Waals surface area contributed by atoms with E-state index in [1.165, 1.54) is 12.5 Å². The molecule has 0 atom stereocenters. The van der Waals surface area contributed by atoms with Crippen LogP contribution in [0, 0.1) is 0 Å². The second kappa shape index (κ2) is 5.70. The van der Waals surface area contributed by atoms with E-state index in [-0.39, 0.29) is 5.91 Å². The normalized spacial score (nSPS) is 10.1. The highest BCUT2D eigenvalue weighted by Gasteiger charge is 2.13. The maximum absolute atomic E-state index is 11.8. The van der Waals surface area contributed by atoms with Gasteiger partial charge < -0.3 is 9.32 Å². The van der Waals surface area contributed by atoms with Crippen LogP contribution in [0.5, 0.6) is 0 Å². The molecule has 0 aliphatic rings. The number of carbonyl (C=O) groups is 1. The SMILES string of the molecule is CCN(CCCCl)C(=O)c1ccoc1. The molecule has 0 aliphatic heterocycles. The Kier molecular flexibility index (Phi) is 4.53. The van der Waals surface area contributed by atoms with E-state index in [1.54, 1.807) is 11.0 Å². The van der Waals surface area contributed by atoms with Gasteiger partial charge >= 0.3 is 0 Å². The van der Waals surface area contributed by atoms with Crippen molar-refractivity contribution < 1.29 is 9.21 Å². The van der Waals surface area contributed by atoms with Crippen molar-refractivity contribution in [3.8, 4) is 0 Å². The first kappa shape index (κ1) is 11.1. The van der Waals surface area contributed by atoms with Crippen molar-refractivity contribution in [2.24, 2.45) is 0 Å². The zero-order valence-electron chi connectivity index (χ0n) is 8.20. The van der Waals surface area contributed by atoms with Crippen LogP contribution in [0.15, 0.2) is 23.0 Å². The van der Waals surface area contributed by atoms with E-state index in [0.717, 1.165) is 6.42 Å². The fourth-order valence-electron chi connectivity index (χ4n) is 1.22. The number of carbonyl (C=O) groups excluding carboxylic acids is 1. The average Bonchev–Trinajstić information content (AvgIpc) is 2.71. The lowest BCUT2D eigenvalue weighted by molar-refractivity contribution is 0.0764. The summed E-state index contributed by atoms with van der Waals surface area (Å²) < 4.78 is 4.86. The second-order valence-electron chi connectivity index (χ2n) is 2.94. The van der Waals surface area contributed by atoms with Crippen LogP contribution in [0.25, 0.3) is 0 Å². The molecule has 1 aromatic heterocycles. The highest BCUT2D eigenvalue weighted by Crippen LogP contribution is 2.06. The van der Waals surface area contributed by atoms with E-state index in [1.807, 2.05) is 6.92 Å². The molecule has 0 spiro atoms. The molecular formula is C10H14ClNO2. The van der Waals surface area contributed by atoms with Crippen LogP contribution < -0.4 is 0 Å². The van der Waals surface area contributed by atoms with Gasteiger partial charge in [-0.2, -0.15) is 0 Å². The molecule has 14 heavy (non-hydrogen) atoms. The molecule has 0 unspecified atom stereocenters. The molecule has 1 rings (SSSR count). The molecule has 1 amide bonds. The molecule has 0 bridgehead atoms. The number of halogens is 1. The van der Waals surface area contributed by atoms with Crippen LogP contribution in [0.4, 0.5) is 0 Å². The van der Waals surface area contributed by atoms with Gasteiger partial charge in [-0.3, -0.25) is 4.79 Å². The number of nitrogens with zero attached hydrogens (tertiary/aromatic N) is 1. The van der Waals surface area contributed by atoms with Gasteiger partial charge in [0, 0.05) is 19.0 Å². The molecule has 78 valence electrons. The minimum absolute atomic E-state index is 0.00590. The van der Waals surface area contributed by atoms with Gasteiger partial charge in [-0.25, -0.2) is 0 Å². The van der Waals surface area contributed by atoms with Crippen LogP contribution in [-0.4, -0.2) is 29.8 Å². The van der Waals surface area contributed by atoms with E-state index < -0.39 is 0 Å². The van der Waals surface area contributed by atoms with E-state index in [4.69, 9.17) is 16.0 Å². The highest BCUT2D eigenvalue weighted by molar-refractivity contribution is 6.17. The van der Waals surface area contributed by atoms with Gasteiger partial charge in [0.2, 0.25) is 0 Å². The summed E-state index contributed by atoms with van der Waals surface area (Å²) in [6.45, 7) is 3.34. The quantitative estimate of drug-likeness (QED) is 0.707. The van der Waals surface area contributed by atoms with E-state index in [2.05, 4.69) is 0 Å².